The van der Waals surface area contributed by atoms with Gasteiger partial charge in [0.15, 0.2) is 0 Å². The molecule has 2 aromatic heterocycles. The van der Waals surface area contributed by atoms with Crippen LogP contribution in [0, 0.1) is 5.41 Å². The van der Waals surface area contributed by atoms with Crippen LogP contribution in [0.15, 0.2) is 48.7 Å². The Hall–Kier alpha value is -4.05. The van der Waals surface area contributed by atoms with Crippen LogP contribution in [-0.2, 0) is 17.8 Å². The molecule has 1 aromatic carbocycles. The lowest BCUT2D eigenvalue weighted by Crippen LogP contribution is -2.42. The third-order valence-electron chi connectivity index (χ3n) is 5.24. The smallest absolute Gasteiger partial charge is 0.265 e. The summed E-state index contributed by atoms with van der Waals surface area (Å²) in [7, 11) is 0. The molecule has 0 bridgehead atoms. The number of pyridine rings is 1. The Morgan fingerprint density at radius 2 is 1.91 bits per heavy atom. The number of amides is 3. The van der Waals surface area contributed by atoms with Gasteiger partial charge in [0, 0.05) is 41.6 Å². The van der Waals surface area contributed by atoms with Gasteiger partial charge < -0.3 is 26.7 Å². The summed E-state index contributed by atoms with van der Waals surface area (Å²) in [6.07, 6.45) is 2.98. The number of hydrogen-bond donors (Lipinski definition) is 4. The van der Waals surface area contributed by atoms with Crippen molar-refractivity contribution in [2.75, 3.05) is 24.1 Å². The van der Waals surface area contributed by atoms with Gasteiger partial charge >= 0.3 is 0 Å². The number of nitrogens with two attached hydrogens (primary N) is 1. The average molecular weight is 493 g/mol. The first-order chi connectivity index (χ1) is 16.9. The lowest BCUT2D eigenvalue weighted by molar-refractivity contribution is -0.131. The van der Waals surface area contributed by atoms with E-state index in [0.29, 0.717) is 30.0 Å². The van der Waals surface area contributed by atoms with E-state index >= 15 is 0 Å². The van der Waals surface area contributed by atoms with Crippen molar-refractivity contribution in [2.24, 2.45) is 0 Å². The van der Waals surface area contributed by atoms with E-state index in [1.807, 2.05) is 50.2 Å². The van der Waals surface area contributed by atoms with Crippen LogP contribution in [0.5, 0.6) is 0 Å². The lowest BCUT2D eigenvalue weighted by atomic mass is 10.1. The van der Waals surface area contributed by atoms with Crippen LogP contribution in [0.25, 0.3) is 0 Å². The van der Waals surface area contributed by atoms with Crippen molar-refractivity contribution in [3.63, 3.8) is 0 Å². The Kier molecular flexibility index (Phi) is 8.69. The summed E-state index contributed by atoms with van der Waals surface area (Å²) in [4.78, 5) is 44.8. The summed E-state index contributed by atoms with van der Waals surface area (Å²) in [5.74, 6) is -0.695. The molecule has 182 valence electrons. The van der Waals surface area contributed by atoms with Gasteiger partial charge in [0.05, 0.1) is 17.0 Å². The van der Waals surface area contributed by atoms with Crippen molar-refractivity contribution >= 4 is 46.8 Å². The Morgan fingerprint density at radius 3 is 2.63 bits per heavy atom. The molecule has 3 heterocycles. The average Bonchev–Trinajstić information content (AvgIpc) is 3.33. The van der Waals surface area contributed by atoms with Gasteiger partial charge in [-0.25, -0.2) is 4.98 Å². The van der Waals surface area contributed by atoms with Crippen LogP contribution in [-0.4, -0.2) is 46.9 Å². The quantitative estimate of drug-likeness (QED) is 0.391. The highest BCUT2D eigenvalue weighted by Gasteiger charge is 2.25. The third kappa shape index (κ3) is 6.30. The van der Waals surface area contributed by atoms with Crippen LogP contribution in [0.1, 0.15) is 49.9 Å². The number of rotatable bonds is 6. The van der Waals surface area contributed by atoms with E-state index in [2.05, 4.69) is 15.6 Å². The molecule has 0 saturated heterocycles. The molecule has 0 radical (unpaired) electrons. The highest BCUT2D eigenvalue weighted by molar-refractivity contribution is 7.14. The van der Waals surface area contributed by atoms with Crippen LogP contribution in [0.3, 0.4) is 0 Å². The molecule has 5 N–H and O–H groups in total. The van der Waals surface area contributed by atoms with Crippen LogP contribution in [0.2, 0.25) is 0 Å². The molecule has 10 heteroatoms. The van der Waals surface area contributed by atoms with Gasteiger partial charge in [0.1, 0.15) is 5.82 Å². The fraction of sp³-hybridized carbons (Fsp3) is 0.240. The second-order valence-corrected chi connectivity index (χ2v) is 8.61. The van der Waals surface area contributed by atoms with E-state index < -0.39 is 5.91 Å². The first kappa shape index (κ1) is 25.6. The molecule has 0 fully saturated rings. The maximum Gasteiger partial charge on any atom is 0.265 e. The minimum Gasteiger partial charge on any atom is -0.383 e. The first-order valence-electron chi connectivity index (χ1n) is 11.2. The molecular weight excluding hydrogens is 464 g/mol. The fourth-order valence-corrected chi connectivity index (χ4v) is 4.53. The largest absolute Gasteiger partial charge is 0.383 e. The van der Waals surface area contributed by atoms with Crippen molar-refractivity contribution in [3.8, 4) is 0 Å². The van der Waals surface area contributed by atoms with Gasteiger partial charge in [0.25, 0.3) is 11.8 Å². The van der Waals surface area contributed by atoms with Crippen LogP contribution >= 0.6 is 11.3 Å². The summed E-state index contributed by atoms with van der Waals surface area (Å²) >= 11 is 1.44. The van der Waals surface area contributed by atoms with Gasteiger partial charge in [-0.3, -0.25) is 14.4 Å². The van der Waals surface area contributed by atoms with Gasteiger partial charge in [-0.2, -0.15) is 0 Å². The number of nitrogens with zero attached hydrogens (tertiary/aromatic N) is 2. The number of fused-ring (bicyclic) bond motifs is 1. The number of carbonyl (C=O) groups is 3. The number of thiophene rings is 1. The number of para-hydroxylation sites is 1. The number of benzene rings is 1. The van der Waals surface area contributed by atoms with E-state index in [-0.39, 0.29) is 29.7 Å². The Labute approximate surface area is 207 Å². The SMILES string of the molecule is CC.N=Cc1cc(C(=O)NCC(=O)N2CCc3sc(C(=O)Nc4ccccc4)cc3C2)cnc1N. The molecule has 1 aliphatic heterocycles. The first-order valence-corrected chi connectivity index (χ1v) is 12.1. The Bertz CT molecular complexity index is 1230. The van der Waals surface area contributed by atoms with E-state index in [0.717, 1.165) is 22.3 Å². The van der Waals surface area contributed by atoms with Crippen molar-refractivity contribution < 1.29 is 14.4 Å². The number of hydrogen-bond acceptors (Lipinski definition) is 7. The maximum atomic E-state index is 12.7. The van der Waals surface area contributed by atoms with E-state index in [1.165, 1.54) is 23.6 Å². The molecule has 0 unspecified atom stereocenters. The van der Waals surface area contributed by atoms with Gasteiger partial charge in [-0.1, -0.05) is 32.0 Å². The normalized spacial score (nSPS) is 12.0. The van der Waals surface area contributed by atoms with Crippen LogP contribution in [0.4, 0.5) is 11.5 Å². The fourth-order valence-electron chi connectivity index (χ4n) is 3.47. The molecule has 3 amide bonds. The lowest BCUT2D eigenvalue weighted by Gasteiger charge is -2.27. The molecule has 4 rings (SSSR count). The second-order valence-electron chi connectivity index (χ2n) is 7.47. The number of nitrogens with one attached hydrogen (secondary N) is 3. The molecule has 0 aliphatic carbocycles. The maximum absolute atomic E-state index is 12.7. The zero-order valence-corrected chi connectivity index (χ0v) is 20.4. The number of aromatic nitrogens is 1. The summed E-state index contributed by atoms with van der Waals surface area (Å²) in [6.45, 7) is 4.74. The van der Waals surface area contributed by atoms with Gasteiger partial charge in [0.2, 0.25) is 5.91 Å². The number of anilines is 2. The molecule has 0 atom stereocenters. The summed E-state index contributed by atoms with van der Waals surface area (Å²) < 4.78 is 0. The third-order valence-corrected chi connectivity index (χ3v) is 6.48. The van der Waals surface area contributed by atoms with Gasteiger partial charge in [-0.05, 0) is 36.2 Å². The Morgan fingerprint density at radius 1 is 1.17 bits per heavy atom. The van der Waals surface area contributed by atoms with E-state index in [1.54, 1.807) is 4.90 Å². The molecule has 0 spiro atoms. The van der Waals surface area contributed by atoms with E-state index in [9.17, 15) is 14.4 Å². The number of carbonyl (C=O) groups excluding carboxylic acids is 3. The summed E-state index contributed by atoms with van der Waals surface area (Å²) in [5.41, 5.74) is 7.87. The predicted octanol–water partition coefficient (Wildman–Crippen LogP) is 3.32. The van der Waals surface area contributed by atoms with Crippen molar-refractivity contribution in [2.45, 2.75) is 26.8 Å². The molecule has 35 heavy (non-hydrogen) atoms. The Balaban J connectivity index is 0.00000167. The molecule has 1 aliphatic rings. The van der Waals surface area contributed by atoms with Crippen molar-refractivity contribution in [1.29, 1.82) is 5.41 Å². The molecule has 0 saturated carbocycles. The molecule has 3 aromatic rings. The number of nitrogen functional groups attached to an aromatic ring is 1. The molecular formula is C25H28N6O3S. The van der Waals surface area contributed by atoms with Crippen LogP contribution < -0.4 is 16.4 Å². The topological polar surface area (TPSA) is 141 Å². The summed E-state index contributed by atoms with van der Waals surface area (Å²) in [6, 6.07) is 12.5. The standard InChI is InChI=1S/C23H22N6O3S.C2H6/c24-10-14-8-15(11-26-21(14)25)22(31)27-12-20(30)29-7-6-18-16(13-29)9-19(33-18)23(32)28-17-4-2-1-3-5-17;1-2/h1-5,8-11,24H,6-7,12-13H2,(H2,25,26)(H,27,31)(H,28,32);1-2H3. The van der Waals surface area contributed by atoms with E-state index in [4.69, 9.17) is 11.1 Å². The zero-order valence-electron chi connectivity index (χ0n) is 19.6. The highest BCUT2D eigenvalue weighted by Crippen LogP contribution is 2.29. The molecule has 9 nitrogen and oxygen atoms in total. The van der Waals surface area contributed by atoms with Gasteiger partial charge in [-0.15, -0.1) is 11.3 Å². The van der Waals surface area contributed by atoms with Crippen molar-refractivity contribution in [3.05, 3.63) is 75.1 Å². The minimum absolute atomic E-state index is 0.161. The highest BCUT2D eigenvalue weighted by atomic mass is 32.1. The minimum atomic E-state index is -0.466. The predicted molar refractivity (Wildman–Crippen MR) is 138 cm³/mol. The summed E-state index contributed by atoms with van der Waals surface area (Å²) in [5, 5.41) is 12.8. The monoisotopic (exact) mass is 492 g/mol. The second kappa shape index (κ2) is 11.9. The van der Waals surface area contributed by atoms with Crippen molar-refractivity contribution in [1.82, 2.24) is 15.2 Å². The zero-order chi connectivity index (χ0) is 25.4.